The number of hydrogen-bond acceptors (Lipinski definition) is 4. The maximum absolute atomic E-state index is 11.8. The lowest BCUT2D eigenvalue weighted by Gasteiger charge is -2.12. The number of phenols is 1. The Hall–Kier alpha value is -2.82. The molecule has 0 bridgehead atoms. The first-order valence-corrected chi connectivity index (χ1v) is 7.39. The summed E-state index contributed by atoms with van der Waals surface area (Å²) in [6.07, 6.45) is 1.38. The van der Waals surface area contributed by atoms with Crippen molar-refractivity contribution in [1.82, 2.24) is 5.43 Å². The van der Waals surface area contributed by atoms with Crippen LogP contribution in [-0.2, 0) is 4.79 Å². The zero-order valence-corrected chi connectivity index (χ0v) is 13.2. The molecule has 0 heterocycles. The minimum atomic E-state index is -0.366. The van der Waals surface area contributed by atoms with Crippen molar-refractivity contribution in [3.05, 3.63) is 59.7 Å². The molecular weight excluding hydrogens is 292 g/mol. The summed E-state index contributed by atoms with van der Waals surface area (Å²) in [5, 5.41) is 13.4. The Kier molecular flexibility index (Phi) is 5.74. The number of nitrogens with zero attached hydrogens (tertiary/aromatic N) is 1. The first-order chi connectivity index (χ1) is 11.1. The Morgan fingerprint density at radius 2 is 1.91 bits per heavy atom. The zero-order chi connectivity index (χ0) is 16.7. The molecule has 0 aromatic heterocycles. The highest BCUT2D eigenvalue weighted by atomic mass is 16.5. The van der Waals surface area contributed by atoms with Gasteiger partial charge in [0.15, 0.2) is 6.61 Å². The van der Waals surface area contributed by atoms with Gasteiger partial charge in [-0.15, -0.1) is 0 Å². The molecule has 0 radical (unpaired) electrons. The van der Waals surface area contributed by atoms with Gasteiger partial charge in [0.25, 0.3) is 5.91 Å². The third-order valence-corrected chi connectivity index (χ3v) is 3.23. The summed E-state index contributed by atoms with van der Waals surface area (Å²) in [5.41, 5.74) is 3.95. The predicted molar refractivity (Wildman–Crippen MR) is 89.9 cm³/mol. The quantitative estimate of drug-likeness (QED) is 0.636. The van der Waals surface area contributed by atoms with Crippen molar-refractivity contribution in [3.8, 4) is 11.5 Å². The Balaban J connectivity index is 1.88. The summed E-state index contributed by atoms with van der Waals surface area (Å²) < 4.78 is 5.55. The second-order valence-corrected chi connectivity index (χ2v) is 5.33. The molecule has 0 unspecified atom stereocenters. The average Bonchev–Trinajstić information content (AvgIpc) is 2.55. The molecule has 0 fully saturated rings. The van der Waals surface area contributed by atoms with Crippen molar-refractivity contribution in [2.45, 2.75) is 19.8 Å². The maximum atomic E-state index is 11.8. The van der Waals surface area contributed by atoms with Crippen molar-refractivity contribution in [2.24, 2.45) is 5.10 Å². The largest absolute Gasteiger partial charge is 0.507 e. The van der Waals surface area contributed by atoms with Crippen LogP contribution in [0.4, 0.5) is 0 Å². The summed E-state index contributed by atoms with van der Waals surface area (Å²) in [6.45, 7) is 4.01. The van der Waals surface area contributed by atoms with Crippen LogP contribution in [0.25, 0.3) is 0 Å². The second-order valence-electron chi connectivity index (χ2n) is 5.33. The van der Waals surface area contributed by atoms with E-state index in [1.807, 2.05) is 24.3 Å². The standard InChI is InChI=1S/C18H20N2O3/c1-13(2)15-8-4-6-10-17(15)23-12-18(22)20-19-11-14-7-3-5-9-16(14)21/h3-11,13,21H,12H2,1-2H3,(H,20,22)/b19-11+. The van der Waals surface area contributed by atoms with E-state index in [4.69, 9.17) is 4.74 Å². The molecule has 0 atom stereocenters. The van der Waals surface area contributed by atoms with Crippen molar-refractivity contribution >= 4 is 12.1 Å². The van der Waals surface area contributed by atoms with Gasteiger partial charge >= 0.3 is 0 Å². The molecule has 23 heavy (non-hydrogen) atoms. The fourth-order valence-electron chi connectivity index (χ4n) is 2.04. The van der Waals surface area contributed by atoms with Crippen molar-refractivity contribution < 1.29 is 14.6 Å². The predicted octanol–water partition coefficient (Wildman–Crippen LogP) is 3.04. The molecule has 120 valence electrons. The highest BCUT2D eigenvalue weighted by Gasteiger charge is 2.08. The number of carbonyl (C=O) groups is 1. The van der Waals surface area contributed by atoms with Crippen LogP contribution in [0.3, 0.4) is 0 Å². The van der Waals surface area contributed by atoms with Crippen molar-refractivity contribution in [1.29, 1.82) is 0 Å². The third-order valence-electron chi connectivity index (χ3n) is 3.23. The van der Waals surface area contributed by atoms with Gasteiger partial charge in [-0.05, 0) is 29.7 Å². The lowest BCUT2D eigenvalue weighted by atomic mass is 10.0. The SMILES string of the molecule is CC(C)c1ccccc1OCC(=O)N/N=C/c1ccccc1O. The molecular formula is C18H20N2O3. The molecule has 2 rings (SSSR count). The number of benzene rings is 2. The molecule has 5 nitrogen and oxygen atoms in total. The minimum absolute atomic E-state index is 0.104. The van der Waals surface area contributed by atoms with Gasteiger partial charge < -0.3 is 9.84 Å². The molecule has 0 saturated heterocycles. The molecule has 1 amide bonds. The lowest BCUT2D eigenvalue weighted by molar-refractivity contribution is -0.123. The molecule has 0 aliphatic carbocycles. The van der Waals surface area contributed by atoms with Gasteiger partial charge in [-0.1, -0.05) is 44.2 Å². The van der Waals surface area contributed by atoms with E-state index in [2.05, 4.69) is 24.4 Å². The molecule has 0 aliphatic heterocycles. The number of hydrazone groups is 1. The molecule has 0 saturated carbocycles. The first-order valence-electron chi connectivity index (χ1n) is 7.39. The van der Waals surface area contributed by atoms with Gasteiger partial charge in [0, 0.05) is 5.56 Å². The van der Waals surface area contributed by atoms with Crippen LogP contribution in [0.15, 0.2) is 53.6 Å². The number of rotatable bonds is 6. The van der Waals surface area contributed by atoms with Gasteiger partial charge in [-0.3, -0.25) is 4.79 Å². The molecule has 5 heteroatoms. The van der Waals surface area contributed by atoms with Crippen molar-refractivity contribution in [2.75, 3.05) is 6.61 Å². The summed E-state index contributed by atoms with van der Waals surface area (Å²) in [6, 6.07) is 14.4. The van der Waals surface area contributed by atoms with E-state index in [1.54, 1.807) is 24.3 Å². The van der Waals surface area contributed by atoms with E-state index < -0.39 is 0 Å². The number of aromatic hydroxyl groups is 1. The van der Waals surface area contributed by atoms with E-state index in [0.29, 0.717) is 17.2 Å². The average molecular weight is 312 g/mol. The number of amides is 1. The van der Waals surface area contributed by atoms with Crippen LogP contribution in [0.5, 0.6) is 11.5 Å². The van der Waals surface area contributed by atoms with Crippen molar-refractivity contribution in [3.63, 3.8) is 0 Å². The highest BCUT2D eigenvalue weighted by Crippen LogP contribution is 2.25. The summed E-state index contributed by atoms with van der Waals surface area (Å²) in [5.74, 6) is 0.749. The van der Waals surface area contributed by atoms with Gasteiger partial charge in [0.05, 0.1) is 6.21 Å². The van der Waals surface area contributed by atoms with E-state index in [9.17, 15) is 9.90 Å². The van der Waals surface area contributed by atoms with Gasteiger partial charge in [-0.25, -0.2) is 5.43 Å². The third kappa shape index (κ3) is 4.85. The Morgan fingerprint density at radius 1 is 1.22 bits per heavy atom. The first kappa shape index (κ1) is 16.5. The Bertz CT molecular complexity index is 696. The monoisotopic (exact) mass is 312 g/mol. The molecule has 2 N–H and O–H groups in total. The van der Waals surface area contributed by atoms with Crippen LogP contribution in [0.2, 0.25) is 0 Å². The maximum Gasteiger partial charge on any atom is 0.277 e. The van der Waals surface area contributed by atoms with E-state index in [-0.39, 0.29) is 18.3 Å². The number of phenolic OH excluding ortho intramolecular Hbond substituents is 1. The Labute approximate surface area is 135 Å². The number of hydrogen-bond donors (Lipinski definition) is 2. The number of carbonyl (C=O) groups excluding carboxylic acids is 1. The lowest BCUT2D eigenvalue weighted by Crippen LogP contribution is -2.24. The highest BCUT2D eigenvalue weighted by molar-refractivity contribution is 5.85. The van der Waals surface area contributed by atoms with Crippen LogP contribution in [-0.4, -0.2) is 23.8 Å². The van der Waals surface area contributed by atoms with Gasteiger partial charge in [0.2, 0.25) is 0 Å². The van der Waals surface area contributed by atoms with Crippen LogP contribution < -0.4 is 10.2 Å². The van der Waals surface area contributed by atoms with Gasteiger partial charge in [-0.2, -0.15) is 5.10 Å². The number of ether oxygens (including phenoxy) is 1. The topological polar surface area (TPSA) is 70.9 Å². The van der Waals surface area contributed by atoms with Gasteiger partial charge in [0.1, 0.15) is 11.5 Å². The smallest absolute Gasteiger partial charge is 0.277 e. The van der Waals surface area contributed by atoms with E-state index in [0.717, 1.165) is 5.56 Å². The zero-order valence-electron chi connectivity index (χ0n) is 13.2. The fourth-order valence-corrected chi connectivity index (χ4v) is 2.04. The summed E-state index contributed by atoms with van der Waals surface area (Å²) in [4.78, 5) is 11.8. The number of para-hydroxylation sites is 2. The van der Waals surface area contributed by atoms with Crippen LogP contribution in [0, 0.1) is 0 Å². The minimum Gasteiger partial charge on any atom is -0.507 e. The second kappa shape index (κ2) is 7.98. The normalized spacial score (nSPS) is 10.9. The van der Waals surface area contributed by atoms with Crippen LogP contribution in [0.1, 0.15) is 30.9 Å². The molecule has 0 spiro atoms. The Morgan fingerprint density at radius 3 is 2.65 bits per heavy atom. The molecule has 0 aliphatic rings. The van der Waals surface area contributed by atoms with E-state index in [1.165, 1.54) is 6.21 Å². The molecule has 2 aromatic rings. The van der Waals surface area contributed by atoms with E-state index >= 15 is 0 Å². The summed E-state index contributed by atoms with van der Waals surface area (Å²) in [7, 11) is 0. The fraction of sp³-hybridized carbons (Fsp3) is 0.222. The molecule has 2 aromatic carbocycles. The van der Waals surface area contributed by atoms with Crippen LogP contribution >= 0.6 is 0 Å². The number of nitrogens with one attached hydrogen (secondary N) is 1. The summed E-state index contributed by atoms with van der Waals surface area (Å²) >= 11 is 0.